The first-order valence-corrected chi connectivity index (χ1v) is 5.71. The van der Waals surface area contributed by atoms with Crippen molar-refractivity contribution in [3.8, 4) is 0 Å². The van der Waals surface area contributed by atoms with Crippen LogP contribution in [-0.4, -0.2) is 26.9 Å². The number of methoxy groups -OCH3 is 1. The Hall–Kier alpha value is -0.840. The second-order valence-corrected chi connectivity index (χ2v) is 3.55. The van der Waals surface area contributed by atoms with Crippen molar-refractivity contribution in [3.63, 3.8) is 0 Å². The lowest BCUT2D eigenvalue weighted by Crippen LogP contribution is -2.12. The van der Waals surface area contributed by atoms with Gasteiger partial charge in [-0.15, -0.1) is 0 Å². The molecule has 0 aliphatic heterocycles. The highest BCUT2D eigenvalue weighted by Crippen LogP contribution is 2.11. The van der Waals surface area contributed by atoms with Crippen molar-refractivity contribution < 1.29 is 13.9 Å². The summed E-state index contributed by atoms with van der Waals surface area (Å²) >= 11 is 0. The fraction of sp³-hybridized carbons (Fsp3) is 0.667. The number of furan rings is 1. The largest absolute Gasteiger partial charge is 0.468 e. The van der Waals surface area contributed by atoms with E-state index >= 15 is 0 Å². The topological polar surface area (TPSA) is 43.6 Å². The molecule has 0 atom stereocenters. The van der Waals surface area contributed by atoms with E-state index in [-0.39, 0.29) is 0 Å². The Kier molecular flexibility index (Phi) is 6.88. The summed E-state index contributed by atoms with van der Waals surface area (Å²) in [6, 6.07) is 1.96. The normalized spacial score (nSPS) is 10.9. The number of rotatable bonds is 9. The predicted molar refractivity (Wildman–Crippen MR) is 62.2 cm³/mol. The zero-order valence-electron chi connectivity index (χ0n) is 10.1. The average Bonchev–Trinajstić information content (AvgIpc) is 2.74. The third-order valence-electron chi connectivity index (χ3n) is 2.27. The highest BCUT2D eigenvalue weighted by molar-refractivity contribution is 5.15. The highest BCUT2D eigenvalue weighted by Gasteiger charge is 2.05. The summed E-state index contributed by atoms with van der Waals surface area (Å²) in [6.45, 7) is 5.86. The van der Waals surface area contributed by atoms with Gasteiger partial charge in [0.1, 0.15) is 5.76 Å². The minimum absolute atomic E-state index is 0.612. The number of ether oxygens (including phenoxy) is 2. The zero-order chi connectivity index (χ0) is 11.6. The quantitative estimate of drug-likeness (QED) is 0.655. The van der Waals surface area contributed by atoms with Crippen LogP contribution in [-0.2, 0) is 22.6 Å². The summed E-state index contributed by atoms with van der Waals surface area (Å²) < 4.78 is 15.9. The lowest BCUT2D eigenvalue weighted by Gasteiger charge is -2.05. The molecule has 1 N–H and O–H groups in total. The Bertz CT molecular complexity index is 273. The minimum atomic E-state index is 0.612. The SMILES string of the molecule is CCNCc1occc1COCCCOC. The monoisotopic (exact) mass is 227 g/mol. The molecule has 0 bridgehead atoms. The van der Waals surface area contributed by atoms with Gasteiger partial charge in [-0.05, 0) is 19.0 Å². The molecule has 92 valence electrons. The molecule has 0 spiro atoms. The smallest absolute Gasteiger partial charge is 0.123 e. The molecule has 16 heavy (non-hydrogen) atoms. The van der Waals surface area contributed by atoms with Crippen LogP contribution in [0.15, 0.2) is 16.7 Å². The van der Waals surface area contributed by atoms with Crippen LogP contribution in [0.3, 0.4) is 0 Å². The molecule has 4 heteroatoms. The molecule has 0 aliphatic rings. The summed E-state index contributed by atoms with van der Waals surface area (Å²) in [5.41, 5.74) is 1.12. The maximum Gasteiger partial charge on any atom is 0.123 e. The molecule has 1 heterocycles. The lowest BCUT2D eigenvalue weighted by atomic mass is 10.2. The summed E-state index contributed by atoms with van der Waals surface area (Å²) in [6.07, 6.45) is 2.64. The Morgan fingerprint density at radius 1 is 1.38 bits per heavy atom. The van der Waals surface area contributed by atoms with Crippen LogP contribution in [0.2, 0.25) is 0 Å². The van der Waals surface area contributed by atoms with Gasteiger partial charge in [0, 0.05) is 25.9 Å². The van der Waals surface area contributed by atoms with Crippen molar-refractivity contribution in [2.45, 2.75) is 26.5 Å². The van der Waals surface area contributed by atoms with Crippen molar-refractivity contribution in [3.05, 3.63) is 23.7 Å². The minimum Gasteiger partial charge on any atom is -0.468 e. The fourth-order valence-corrected chi connectivity index (χ4v) is 1.38. The molecule has 4 nitrogen and oxygen atoms in total. The van der Waals surface area contributed by atoms with E-state index in [0.717, 1.165) is 44.0 Å². The Morgan fingerprint density at radius 3 is 3.00 bits per heavy atom. The van der Waals surface area contributed by atoms with Crippen molar-refractivity contribution in [1.29, 1.82) is 0 Å². The van der Waals surface area contributed by atoms with E-state index < -0.39 is 0 Å². The first kappa shape index (κ1) is 13.2. The molecule has 0 amide bonds. The molecule has 0 unspecified atom stereocenters. The van der Waals surface area contributed by atoms with Gasteiger partial charge in [0.2, 0.25) is 0 Å². The summed E-state index contributed by atoms with van der Waals surface area (Å²) in [7, 11) is 1.70. The van der Waals surface area contributed by atoms with Crippen LogP contribution < -0.4 is 5.32 Å². The Labute approximate surface area is 96.9 Å². The van der Waals surface area contributed by atoms with Gasteiger partial charge in [-0.25, -0.2) is 0 Å². The number of nitrogens with one attached hydrogen (secondary N) is 1. The molecule has 0 aromatic carbocycles. The van der Waals surface area contributed by atoms with Gasteiger partial charge >= 0.3 is 0 Å². The fourth-order valence-electron chi connectivity index (χ4n) is 1.38. The van der Waals surface area contributed by atoms with Gasteiger partial charge in [-0.2, -0.15) is 0 Å². The molecule has 1 aromatic rings. The molecular weight excluding hydrogens is 206 g/mol. The molecule has 0 radical (unpaired) electrons. The van der Waals surface area contributed by atoms with E-state index in [1.165, 1.54) is 0 Å². The standard InChI is InChI=1S/C12H21NO3/c1-3-13-9-12-11(5-8-16-12)10-15-7-4-6-14-2/h5,8,13H,3-4,6-7,9-10H2,1-2H3. The Balaban J connectivity index is 2.22. The van der Waals surface area contributed by atoms with Crippen LogP contribution in [0.25, 0.3) is 0 Å². The van der Waals surface area contributed by atoms with Crippen molar-refractivity contribution in [2.75, 3.05) is 26.9 Å². The maximum atomic E-state index is 5.53. The third kappa shape index (κ3) is 4.79. The van der Waals surface area contributed by atoms with E-state index in [4.69, 9.17) is 13.9 Å². The first-order chi connectivity index (χ1) is 7.88. The summed E-state index contributed by atoms with van der Waals surface area (Å²) in [4.78, 5) is 0. The molecule has 0 fully saturated rings. The van der Waals surface area contributed by atoms with Crippen LogP contribution in [0, 0.1) is 0 Å². The average molecular weight is 227 g/mol. The predicted octanol–water partition coefficient (Wildman–Crippen LogP) is 1.94. The summed E-state index contributed by atoms with van der Waals surface area (Å²) in [5.74, 6) is 0.966. The van der Waals surface area contributed by atoms with Gasteiger partial charge in [0.15, 0.2) is 0 Å². The molecule has 0 saturated heterocycles. The van der Waals surface area contributed by atoms with Crippen molar-refractivity contribution >= 4 is 0 Å². The maximum absolute atomic E-state index is 5.53. The molecule has 1 rings (SSSR count). The van der Waals surface area contributed by atoms with Crippen LogP contribution in [0.5, 0.6) is 0 Å². The molecular formula is C12H21NO3. The second-order valence-electron chi connectivity index (χ2n) is 3.55. The van der Waals surface area contributed by atoms with E-state index in [1.54, 1.807) is 13.4 Å². The van der Waals surface area contributed by atoms with Gasteiger partial charge in [-0.3, -0.25) is 0 Å². The number of hydrogen-bond acceptors (Lipinski definition) is 4. The van der Waals surface area contributed by atoms with E-state index in [2.05, 4.69) is 12.2 Å². The third-order valence-corrected chi connectivity index (χ3v) is 2.27. The van der Waals surface area contributed by atoms with Crippen LogP contribution in [0.1, 0.15) is 24.7 Å². The van der Waals surface area contributed by atoms with E-state index in [9.17, 15) is 0 Å². The van der Waals surface area contributed by atoms with Crippen LogP contribution in [0.4, 0.5) is 0 Å². The number of hydrogen-bond donors (Lipinski definition) is 1. The van der Waals surface area contributed by atoms with Crippen molar-refractivity contribution in [1.82, 2.24) is 5.32 Å². The Morgan fingerprint density at radius 2 is 2.25 bits per heavy atom. The van der Waals surface area contributed by atoms with Gasteiger partial charge < -0.3 is 19.2 Å². The summed E-state index contributed by atoms with van der Waals surface area (Å²) in [5, 5.41) is 3.23. The van der Waals surface area contributed by atoms with Gasteiger partial charge in [-0.1, -0.05) is 6.92 Å². The van der Waals surface area contributed by atoms with Crippen LogP contribution >= 0.6 is 0 Å². The van der Waals surface area contributed by atoms with E-state index in [0.29, 0.717) is 6.61 Å². The zero-order valence-corrected chi connectivity index (χ0v) is 10.1. The van der Waals surface area contributed by atoms with Crippen molar-refractivity contribution in [2.24, 2.45) is 0 Å². The second kappa shape index (κ2) is 8.33. The lowest BCUT2D eigenvalue weighted by molar-refractivity contribution is 0.0920. The van der Waals surface area contributed by atoms with Gasteiger partial charge in [0.05, 0.1) is 19.4 Å². The first-order valence-electron chi connectivity index (χ1n) is 5.71. The molecule has 0 aliphatic carbocycles. The van der Waals surface area contributed by atoms with Gasteiger partial charge in [0.25, 0.3) is 0 Å². The highest BCUT2D eigenvalue weighted by atomic mass is 16.5. The molecule has 1 aromatic heterocycles. The van der Waals surface area contributed by atoms with E-state index in [1.807, 2.05) is 6.07 Å². The molecule has 0 saturated carbocycles.